The normalized spacial score (nSPS) is 22.5. The highest BCUT2D eigenvalue weighted by Gasteiger charge is 2.59. The zero-order valence-corrected chi connectivity index (χ0v) is 28.7. The van der Waals surface area contributed by atoms with E-state index in [1.165, 1.54) is 7.11 Å². The van der Waals surface area contributed by atoms with Crippen LogP contribution < -0.4 is 0 Å². The molecule has 1 heterocycles. The van der Waals surface area contributed by atoms with Gasteiger partial charge in [-0.1, -0.05) is 149 Å². The number of hydrogen-bond acceptors (Lipinski definition) is 5. The minimum atomic E-state index is -1.29. The van der Waals surface area contributed by atoms with E-state index in [0.717, 1.165) is 41.5 Å². The molecule has 0 bridgehead atoms. The number of hydrogen-bond donors (Lipinski definition) is 0. The van der Waals surface area contributed by atoms with Crippen LogP contribution in [0.15, 0.2) is 121 Å². The molecular weight excluding hydrogens is 612 g/mol. The van der Waals surface area contributed by atoms with Crippen LogP contribution in [0.3, 0.4) is 0 Å². The standard InChI is InChI=1S/C42H46N2O5/c1-28(2)34-26-25-29(3)27-35(34)49-41(46)39-38(40(45)48-4)43(36(30-17-9-5-10-18-30)31-19-11-6-12-20-31)42(47)44(39)37(32-21-13-7-14-22-32)33-23-15-8-16-24-33/h5-24,28-29,34-39H,25-27H2,1-4H3. The highest BCUT2D eigenvalue weighted by atomic mass is 16.5. The molecule has 1 saturated carbocycles. The zero-order valence-electron chi connectivity index (χ0n) is 28.7. The van der Waals surface area contributed by atoms with Crippen molar-refractivity contribution >= 4 is 18.0 Å². The Morgan fingerprint density at radius 1 is 0.633 bits per heavy atom. The van der Waals surface area contributed by atoms with Crippen LogP contribution in [0.5, 0.6) is 0 Å². The molecule has 4 aromatic rings. The summed E-state index contributed by atoms with van der Waals surface area (Å²) < 4.78 is 12.0. The maximum Gasteiger partial charge on any atom is 0.332 e. The van der Waals surface area contributed by atoms with Crippen LogP contribution in [0.1, 0.15) is 74.4 Å². The van der Waals surface area contributed by atoms with Gasteiger partial charge in [-0.2, -0.15) is 0 Å². The number of carbonyl (C=O) groups is 3. The van der Waals surface area contributed by atoms with Gasteiger partial charge >= 0.3 is 18.0 Å². The Morgan fingerprint density at radius 3 is 1.39 bits per heavy atom. The Balaban J connectivity index is 1.56. The van der Waals surface area contributed by atoms with Gasteiger partial charge in [-0.15, -0.1) is 0 Å². The Morgan fingerprint density at radius 2 is 1.02 bits per heavy atom. The summed E-state index contributed by atoms with van der Waals surface area (Å²) in [6.07, 6.45) is 2.44. The summed E-state index contributed by atoms with van der Waals surface area (Å²) in [5, 5.41) is 0. The Labute approximate surface area is 289 Å². The monoisotopic (exact) mass is 658 g/mol. The van der Waals surface area contributed by atoms with Crippen molar-refractivity contribution in [1.29, 1.82) is 0 Å². The molecule has 1 aliphatic heterocycles. The molecule has 2 fully saturated rings. The van der Waals surface area contributed by atoms with Crippen molar-refractivity contribution in [3.05, 3.63) is 144 Å². The SMILES string of the molecule is COC(=O)C1C(C(=O)OC2CC(C)CCC2C(C)C)N(C(c2ccccc2)c2ccccc2)C(=O)N1C(c1ccccc1)c1ccccc1. The second-order valence-electron chi connectivity index (χ2n) is 13.8. The van der Waals surface area contributed by atoms with E-state index in [1.54, 1.807) is 9.80 Å². The lowest BCUT2D eigenvalue weighted by Gasteiger charge is -2.38. The predicted molar refractivity (Wildman–Crippen MR) is 189 cm³/mol. The molecule has 2 aliphatic rings. The van der Waals surface area contributed by atoms with Crippen molar-refractivity contribution in [2.24, 2.45) is 17.8 Å². The first-order valence-electron chi connectivity index (χ1n) is 17.4. The number of amides is 2. The number of benzene rings is 4. The van der Waals surface area contributed by atoms with Crippen molar-refractivity contribution < 1.29 is 23.9 Å². The van der Waals surface area contributed by atoms with E-state index < -0.39 is 42.1 Å². The predicted octanol–water partition coefficient (Wildman–Crippen LogP) is 8.22. The maximum absolute atomic E-state index is 15.4. The highest BCUT2D eigenvalue weighted by Crippen LogP contribution is 2.44. The lowest BCUT2D eigenvalue weighted by Crippen LogP contribution is -2.52. The molecule has 7 nitrogen and oxygen atoms in total. The van der Waals surface area contributed by atoms with Gasteiger partial charge in [-0.25, -0.2) is 14.4 Å². The summed E-state index contributed by atoms with van der Waals surface area (Å²) in [7, 11) is 1.31. The number of ether oxygens (including phenoxy) is 2. The molecule has 0 spiro atoms. The highest BCUT2D eigenvalue weighted by molar-refractivity contribution is 5.98. The number of urea groups is 1. The van der Waals surface area contributed by atoms with Gasteiger partial charge in [0.05, 0.1) is 19.2 Å². The zero-order chi connectivity index (χ0) is 34.5. The third-order valence-corrected chi connectivity index (χ3v) is 10.3. The molecule has 254 valence electrons. The topological polar surface area (TPSA) is 76.2 Å². The first-order valence-corrected chi connectivity index (χ1v) is 17.4. The lowest BCUT2D eigenvalue weighted by molar-refractivity contribution is -0.166. The van der Waals surface area contributed by atoms with Gasteiger partial charge in [0.25, 0.3) is 0 Å². The summed E-state index contributed by atoms with van der Waals surface area (Å²) in [5.41, 5.74) is 3.24. The van der Waals surface area contributed by atoms with Crippen molar-refractivity contribution in [3.8, 4) is 0 Å². The smallest absolute Gasteiger partial charge is 0.332 e. The van der Waals surface area contributed by atoms with Gasteiger partial charge in [-0.3, -0.25) is 9.80 Å². The molecule has 0 radical (unpaired) electrons. The van der Waals surface area contributed by atoms with E-state index in [4.69, 9.17) is 9.47 Å². The first-order chi connectivity index (χ1) is 23.8. The van der Waals surface area contributed by atoms with Crippen molar-refractivity contribution in [2.45, 2.75) is 70.3 Å². The molecule has 0 N–H and O–H groups in total. The van der Waals surface area contributed by atoms with Gasteiger partial charge in [0.15, 0.2) is 12.1 Å². The summed E-state index contributed by atoms with van der Waals surface area (Å²) in [4.78, 5) is 47.6. The van der Waals surface area contributed by atoms with Crippen LogP contribution in [-0.2, 0) is 19.1 Å². The van der Waals surface area contributed by atoms with E-state index in [2.05, 4.69) is 20.8 Å². The molecule has 1 saturated heterocycles. The molecule has 6 rings (SSSR count). The van der Waals surface area contributed by atoms with Crippen molar-refractivity contribution in [1.82, 2.24) is 9.80 Å². The van der Waals surface area contributed by atoms with Gasteiger partial charge in [-0.05, 0) is 52.8 Å². The molecule has 0 aromatic heterocycles. The van der Waals surface area contributed by atoms with E-state index in [1.807, 2.05) is 121 Å². The minimum absolute atomic E-state index is 0.179. The van der Waals surface area contributed by atoms with Gasteiger partial charge < -0.3 is 9.47 Å². The van der Waals surface area contributed by atoms with Crippen molar-refractivity contribution in [2.75, 3.05) is 7.11 Å². The Bertz CT molecular complexity index is 1620. The maximum atomic E-state index is 15.4. The van der Waals surface area contributed by atoms with E-state index in [-0.39, 0.29) is 12.0 Å². The number of esters is 2. The van der Waals surface area contributed by atoms with Crippen LogP contribution in [0.25, 0.3) is 0 Å². The molecular formula is C42H46N2O5. The number of nitrogens with zero attached hydrogens (tertiary/aromatic N) is 2. The van der Waals surface area contributed by atoms with E-state index >= 15 is 4.79 Å². The van der Waals surface area contributed by atoms with Gasteiger partial charge in [0.2, 0.25) is 0 Å². The first kappa shape index (κ1) is 34.0. The quantitative estimate of drug-likeness (QED) is 0.161. The summed E-state index contributed by atoms with van der Waals surface area (Å²) in [5.74, 6) is -0.385. The van der Waals surface area contributed by atoms with E-state index in [9.17, 15) is 9.59 Å². The van der Waals surface area contributed by atoms with Gasteiger partial charge in [0, 0.05) is 0 Å². The number of rotatable bonds is 10. The summed E-state index contributed by atoms with van der Waals surface area (Å²) >= 11 is 0. The minimum Gasteiger partial charge on any atom is -0.467 e. The average molecular weight is 659 g/mol. The summed E-state index contributed by atoms with van der Waals surface area (Å²) in [6.45, 7) is 6.51. The molecule has 7 heteroatoms. The van der Waals surface area contributed by atoms with E-state index in [0.29, 0.717) is 11.8 Å². The second kappa shape index (κ2) is 15.1. The van der Waals surface area contributed by atoms with Crippen LogP contribution in [0.2, 0.25) is 0 Å². The van der Waals surface area contributed by atoms with Gasteiger partial charge in [0.1, 0.15) is 6.10 Å². The molecule has 2 amide bonds. The fourth-order valence-electron chi connectivity index (χ4n) is 7.86. The molecule has 49 heavy (non-hydrogen) atoms. The fourth-order valence-corrected chi connectivity index (χ4v) is 7.86. The third kappa shape index (κ3) is 6.98. The van der Waals surface area contributed by atoms with Crippen LogP contribution >= 0.6 is 0 Å². The molecule has 5 atom stereocenters. The molecule has 4 aromatic carbocycles. The lowest BCUT2D eigenvalue weighted by atomic mass is 9.75. The molecule has 1 aliphatic carbocycles. The Hall–Kier alpha value is -4.91. The average Bonchev–Trinajstić information content (AvgIpc) is 3.41. The Kier molecular flexibility index (Phi) is 10.5. The number of carbonyl (C=O) groups excluding carboxylic acids is 3. The fraction of sp³-hybridized carbons (Fsp3) is 0.357. The number of methoxy groups -OCH3 is 1. The second-order valence-corrected chi connectivity index (χ2v) is 13.8. The van der Waals surface area contributed by atoms with Crippen LogP contribution in [-0.4, -0.2) is 53.1 Å². The summed E-state index contributed by atoms with van der Waals surface area (Å²) in [6, 6.07) is 34.2. The largest absolute Gasteiger partial charge is 0.467 e. The van der Waals surface area contributed by atoms with Crippen molar-refractivity contribution in [3.63, 3.8) is 0 Å². The third-order valence-electron chi connectivity index (χ3n) is 10.3. The van der Waals surface area contributed by atoms with Crippen LogP contribution in [0.4, 0.5) is 4.79 Å². The van der Waals surface area contributed by atoms with Crippen LogP contribution in [0, 0.1) is 17.8 Å². The molecule has 5 unspecified atom stereocenters.